The summed E-state index contributed by atoms with van der Waals surface area (Å²) in [6.45, 7) is 1.56. The SMILES string of the molecule is O=C(NC(=S)Nc1ccccc1-c1ccccc1)c1ccc(N2CCCCC2)c([N+](=O)[O-])c1. The molecule has 0 aliphatic carbocycles. The van der Waals surface area contributed by atoms with Crippen molar-refractivity contribution in [3.05, 3.63) is 88.5 Å². The van der Waals surface area contributed by atoms with Gasteiger partial charge in [0.05, 0.1) is 4.92 Å². The first-order valence-corrected chi connectivity index (χ1v) is 11.2. The van der Waals surface area contributed by atoms with E-state index in [1.54, 1.807) is 12.1 Å². The predicted octanol–water partition coefficient (Wildman–Crippen LogP) is 5.38. The highest BCUT2D eigenvalue weighted by Crippen LogP contribution is 2.31. The van der Waals surface area contributed by atoms with Crippen LogP contribution in [0, 0.1) is 10.1 Å². The molecular formula is C25H24N4O3S. The van der Waals surface area contributed by atoms with Crippen molar-refractivity contribution >= 4 is 40.3 Å². The Kier molecular flexibility index (Phi) is 6.95. The lowest BCUT2D eigenvalue weighted by molar-refractivity contribution is -0.384. The molecule has 4 rings (SSSR count). The number of hydrogen-bond donors (Lipinski definition) is 2. The minimum Gasteiger partial charge on any atom is -0.366 e. The summed E-state index contributed by atoms with van der Waals surface area (Å²) < 4.78 is 0. The van der Waals surface area contributed by atoms with Gasteiger partial charge in [0.15, 0.2) is 5.11 Å². The summed E-state index contributed by atoms with van der Waals surface area (Å²) in [5, 5.41) is 17.5. The summed E-state index contributed by atoms with van der Waals surface area (Å²) >= 11 is 5.35. The van der Waals surface area contributed by atoms with E-state index >= 15 is 0 Å². The molecule has 0 unspecified atom stereocenters. The van der Waals surface area contributed by atoms with Gasteiger partial charge in [0.2, 0.25) is 0 Å². The molecular weight excluding hydrogens is 436 g/mol. The second kappa shape index (κ2) is 10.2. The Morgan fingerprint density at radius 3 is 2.36 bits per heavy atom. The van der Waals surface area contributed by atoms with Crippen molar-refractivity contribution in [1.29, 1.82) is 0 Å². The number of piperidine rings is 1. The number of thiocarbonyl (C=S) groups is 1. The molecule has 0 spiro atoms. The van der Waals surface area contributed by atoms with Crippen LogP contribution < -0.4 is 15.5 Å². The monoisotopic (exact) mass is 460 g/mol. The van der Waals surface area contributed by atoms with Gasteiger partial charge in [-0.3, -0.25) is 20.2 Å². The molecule has 1 aliphatic rings. The van der Waals surface area contributed by atoms with Gasteiger partial charge in [-0.1, -0.05) is 48.5 Å². The maximum atomic E-state index is 12.8. The third-order valence-electron chi connectivity index (χ3n) is 5.62. The fourth-order valence-corrected chi connectivity index (χ4v) is 4.21. The zero-order valence-corrected chi connectivity index (χ0v) is 18.8. The Balaban J connectivity index is 1.49. The zero-order chi connectivity index (χ0) is 23.2. The van der Waals surface area contributed by atoms with E-state index in [0.29, 0.717) is 5.69 Å². The summed E-state index contributed by atoms with van der Waals surface area (Å²) in [4.78, 5) is 26.0. The molecule has 1 aliphatic heterocycles. The molecule has 0 atom stereocenters. The minimum absolute atomic E-state index is 0.0714. The van der Waals surface area contributed by atoms with E-state index in [0.717, 1.165) is 49.2 Å². The van der Waals surface area contributed by atoms with Crippen LogP contribution in [0.4, 0.5) is 17.1 Å². The van der Waals surface area contributed by atoms with Crippen molar-refractivity contribution < 1.29 is 9.72 Å². The van der Waals surface area contributed by atoms with Gasteiger partial charge in [-0.05, 0) is 55.2 Å². The third kappa shape index (κ3) is 5.35. The van der Waals surface area contributed by atoms with Crippen LogP contribution in [0.5, 0.6) is 0 Å². The van der Waals surface area contributed by atoms with Crippen LogP contribution >= 0.6 is 12.2 Å². The Labute approximate surface area is 197 Å². The van der Waals surface area contributed by atoms with Crippen molar-refractivity contribution in [2.75, 3.05) is 23.3 Å². The highest BCUT2D eigenvalue weighted by molar-refractivity contribution is 7.80. The molecule has 168 valence electrons. The van der Waals surface area contributed by atoms with Crippen molar-refractivity contribution in [3.63, 3.8) is 0 Å². The molecule has 0 bridgehead atoms. The van der Waals surface area contributed by atoms with Crippen LogP contribution in [0.1, 0.15) is 29.6 Å². The number of benzene rings is 3. The van der Waals surface area contributed by atoms with Crippen LogP contribution in [0.25, 0.3) is 11.1 Å². The molecule has 0 radical (unpaired) electrons. The van der Waals surface area contributed by atoms with Crippen molar-refractivity contribution in [2.24, 2.45) is 0 Å². The Bertz CT molecular complexity index is 1180. The Morgan fingerprint density at radius 1 is 0.939 bits per heavy atom. The van der Waals surface area contributed by atoms with E-state index in [1.165, 1.54) is 6.07 Å². The first-order valence-electron chi connectivity index (χ1n) is 10.8. The molecule has 1 fully saturated rings. The van der Waals surface area contributed by atoms with Gasteiger partial charge in [-0.15, -0.1) is 0 Å². The van der Waals surface area contributed by atoms with E-state index in [-0.39, 0.29) is 16.4 Å². The second-order valence-corrected chi connectivity index (χ2v) is 8.24. The van der Waals surface area contributed by atoms with Gasteiger partial charge >= 0.3 is 0 Å². The molecule has 0 saturated carbocycles. The lowest BCUT2D eigenvalue weighted by Crippen LogP contribution is -2.34. The van der Waals surface area contributed by atoms with Crippen LogP contribution in [-0.2, 0) is 0 Å². The number of carbonyl (C=O) groups is 1. The van der Waals surface area contributed by atoms with E-state index in [1.807, 2.05) is 59.5 Å². The van der Waals surface area contributed by atoms with Gasteiger partial charge in [-0.2, -0.15) is 0 Å². The fraction of sp³-hybridized carbons (Fsp3) is 0.200. The number of nitro groups is 1. The molecule has 1 amide bonds. The van der Waals surface area contributed by atoms with Crippen molar-refractivity contribution in [3.8, 4) is 11.1 Å². The Morgan fingerprint density at radius 2 is 1.64 bits per heavy atom. The second-order valence-electron chi connectivity index (χ2n) is 7.83. The van der Waals surface area contributed by atoms with E-state index in [2.05, 4.69) is 10.6 Å². The van der Waals surface area contributed by atoms with Crippen molar-refractivity contribution in [2.45, 2.75) is 19.3 Å². The summed E-state index contributed by atoms with van der Waals surface area (Å²) in [6, 6.07) is 22.0. The molecule has 3 aromatic rings. The van der Waals surface area contributed by atoms with Gasteiger partial charge in [0.25, 0.3) is 11.6 Å². The average molecular weight is 461 g/mol. The van der Waals surface area contributed by atoms with Gasteiger partial charge in [0, 0.05) is 36.0 Å². The molecule has 0 aromatic heterocycles. The van der Waals surface area contributed by atoms with Gasteiger partial charge in [-0.25, -0.2) is 0 Å². The number of para-hydroxylation sites is 1. The van der Waals surface area contributed by atoms with Crippen LogP contribution in [0.15, 0.2) is 72.8 Å². The fourth-order valence-electron chi connectivity index (χ4n) is 4.00. The first-order chi connectivity index (χ1) is 16.0. The van der Waals surface area contributed by atoms with Gasteiger partial charge < -0.3 is 10.2 Å². The molecule has 1 saturated heterocycles. The molecule has 8 heteroatoms. The number of nitro benzene ring substituents is 1. The van der Waals surface area contributed by atoms with Crippen LogP contribution in [-0.4, -0.2) is 29.0 Å². The first kappa shape index (κ1) is 22.4. The van der Waals surface area contributed by atoms with E-state index in [9.17, 15) is 14.9 Å². The molecule has 3 aromatic carbocycles. The summed E-state index contributed by atoms with van der Waals surface area (Å²) in [7, 11) is 0. The third-order valence-corrected chi connectivity index (χ3v) is 5.82. The molecule has 1 heterocycles. The highest BCUT2D eigenvalue weighted by atomic mass is 32.1. The number of anilines is 2. The number of carbonyl (C=O) groups excluding carboxylic acids is 1. The van der Waals surface area contributed by atoms with E-state index < -0.39 is 10.8 Å². The largest absolute Gasteiger partial charge is 0.366 e. The number of nitrogens with zero attached hydrogens (tertiary/aromatic N) is 2. The summed E-state index contributed by atoms with van der Waals surface area (Å²) in [5.74, 6) is -0.502. The van der Waals surface area contributed by atoms with Crippen molar-refractivity contribution in [1.82, 2.24) is 5.32 Å². The lowest BCUT2D eigenvalue weighted by atomic mass is 10.0. The zero-order valence-electron chi connectivity index (χ0n) is 18.0. The quantitative estimate of drug-likeness (QED) is 0.302. The maximum Gasteiger partial charge on any atom is 0.293 e. The minimum atomic E-state index is -0.502. The molecule has 2 N–H and O–H groups in total. The van der Waals surface area contributed by atoms with Crippen LogP contribution in [0.3, 0.4) is 0 Å². The average Bonchev–Trinajstić information content (AvgIpc) is 2.85. The topological polar surface area (TPSA) is 87.5 Å². The predicted molar refractivity (Wildman–Crippen MR) is 135 cm³/mol. The smallest absolute Gasteiger partial charge is 0.293 e. The molecule has 7 nitrogen and oxygen atoms in total. The molecule has 33 heavy (non-hydrogen) atoms. The Hall–Kier alpha value is -3.78. The lowest BCUT2D eigenvalue weighted by Gasteiger charge is -2.28. The maximum absolute atomic E-state index is 12.8. The van der Waals surface area contributed by atoms with E-state index in [4.69, 9.17) is 12.2 Å². The number of amides is 1. The van der Waals surface area contributed by atoms with Gasteiger partial charge in [0.1, 0.15) is 5.69 Å². The normalized spacial score (nSPS) is 13.3. The van der Waals surface area contributed by atoms with Crippen LogP contribution in [0.2, 0.25) is 0 Å². The summed E-state index contributed by atoms with van der Waals surface area (Å²) in [6.07, 6.45) is 3.14. The standard InChI is InChI=1S/C25H24N4O3S/c30-24(19-13-14-22(23(17-19)29(31)32)28-15-7-2-8-16-28)27-25(33)26-21-12-6-5-11-20(21)18-9-3-1-4-10-18/h1,3-6,9-14,17H,2,7-8,15-16H2,(H2,26,27,30,33). The highest BCUT2D eigenvalue weighted by Gasteiger charge is 2.23. The number of nitrogens with one attached hydrogen (secondary N) is 2. The summed E-state index contributed by atoms with van der Waals surface area (Å²) in [5.41, 5.74) is 3.37. The number of hydrogen-bond acceptors (Lipinski definition) is 5. The number of rotatable bonds is 5.